The summed E-state index contributed by atoms with van der Waals surface area (Å²) in [5.41, 5.74) is 1.86. The normalized spacial score (nSPS) is 13.3. The smallest absolute Gasteiger partial charge is 0.134 e. The van der Waals surface area contributed by atoms with Crippen molar-refractivity contribution in [3.05, 3.63) is 36.1 Å². The fraction of sp³-hybridized carbons (Fsp3) is 0.273. The highest BCUT2D eigenvalue weighted by Crippen LogP contribution is 2.25. The number of likely N-dealkylation sites (N-methyl/N-ethyl adjacent to an activating group) is 1. The first-order valence-electron chi connectivity index (χ1n) is 4.61. The maximum atomic E-state index is 9.15. The molecule has 0 saturated carbocycles. The van der Waals surface area contributed by atoms with Gasteiger partial charge in [0.1, 0.15) is 5.58 Å². The highest BCUT2D eigenvalue weighted by Gasteiger charge is 2.13. The van der Waals surface area contributed by atoms with E-state index < -0.39 is 0 Å². The monoisotopic (exact) mass is 191 g/mol. The van der Waals surface area contributed by atoms with E-state index in [9.17, 15) is 0 Å². The first-order chi connectivity index (χ1) is 6.86. The Hall–Kier alpha value is -1.32. The molecule has 0 aliphatic rings. The Labute approximate surface area is 82.3 Å². The van der Waals surface area contributed by atoms with Crippen molar-refractivity contribution in [1.82, 2.24) is 5.32 Å². The molecule has 0 saturated heterocycles. The van der Waals surface area contributed by atoms with Gasteiger partial charge in [-0.1, -0.05) is 18.2 Å². The fourth-order valence-electron chi connectivity index (χ4n) is 1.61. The zero-order chi connectivity index (χ0) is 9.97. The highest BCUT2D eigenvalue weighted by atomic mass is 16.3. The van der Waals surface area contributed by atoms with Crippen molar-refractivity contribution in [3.8, 4) is 0 Å². The van der Waals surface area contributed by atoms with Crippen molar-refractivity contribution in [3.63, 3.8) is 0 Å². The standard InChI is InChI=1S/C11H13NO2/c1-12-10(6-13)9-7-14-11-5-3-2-4-8(9)11/h2-5,7,10,12-13H,6H2,1H3. The minimum Gasteiger partial charge on any atom is -0.464 e. The number of para-hydroxylation sites is 1. The molecule has 1 heterocycles. The van der Waals surface area contributed by atoms with Crippen LogP contribution in [0.3, 0.4) is 0 Å². The third-order valence-electron chi connectivity index (χ3n) is 2.42. The van der Waals surface area contributed by atoms with E-state index in [0.29, 0.717) is 0 Å². The molecular formula is C11H13NO2. The Bertz CT molecular complexity index is 418. The summed E-state index contributed by atoms with van der Waals surface area (Å²) in [5, 5.41) is 13.2. The zero-order valence-electron chi connectivity index (χ0n) is 8.03. The minimum atomic E-state index is -0.0568. The summed E-state index contributed by atoms with van der Waals surface area (Å²) < 4.78 is 5.38. The van der Waals surface area contributed by atoms with Gasteiger partial charge < -0.3 is 14.8 Å². The largest absolute Gasteiger partial charge is 0.464 e. The van der Waals surface area contributed by atoms with Gasteiger partial charge in [0.15, 0.2) is 0 Å². The topological polar surface area (TPSA) is 45.4 Å². The van der Waals surface area contributed by atoms with E-state index >= 15 is 0 Å². The van der Waals surface area contributed by atoms with Crippen molar-refractivity contribution in [1.29, 1.82) is 0 Å². The van der Waals surface area contributed by atoms with Crippen LogP contribution in [0.2, 0.25) is 0 Å². The molecule has 0 fully saturated rings. The second kappa shape index (κ2) is 3.82. The van der Waals surface area contributed by atoms with Crippen LogP contribution in [0.25, 0.3) is 11.0 Å². The number of fused-ring (bicyclic) bond motifs is 1. The fourth-order valence-corrected chi connectivity index (χ4v) is 1.61. The van der Waals surface area contributed by atoms with Gasteiger partial charge in [0.05, 0.1) is 18.9 Å². The zero-order valence-corrected chi connectivity index (χ0v) is 8.03. The molecule has 3 nitrogen and oxygen atoms in total. The number of aliphatic hydroxyl groups excluding tert-OH is 1. The molecule has 2 aromatic rings. The molecule has 0 aliphatic carbocycles. The van der Waals surface area contributed by atoms with Crippen LogP contribution >= 0.6 is 0 Å². The SMILES string of the molecule is CNC(CO)c1coc2ccccc12. The molecule has 0 aliphatic heterocycles. The van der Waals surface area contributed by atoms with Crippen molar-refractivity contribution in [2.24, 2.45) is 0 Å². The van der Waals surface area contributed by atoms with E-state index in [1.54, 1.807) is 6.26 Å². The molecule has 14 heavy (non-hydrogen) atoms. The lowest BCUT2D eigenvalue weighted by atomic mass is 10.1. The quantitative estimate of drug-likeness (QED) is 0.776. The van der Waals surface area contributed by atoms with E-state index in [0.717, 1.165) is 16.5 Å². The molecule has 1 atom stereocenters. The Morgan fingerprint density at radius 3 is 2.93 bits per heavy atom. The van der Waals surface area contributed by atoms with Crippen LogP contribution in [0.4, 0.5) is 0 Å². The number of benzene rings is 1. The van der Waals surface area contributed by atoms with Gasteiger partial charge in [0.25, 0.3) is 0 Å². The summed E-state index contributed by atoms with van der Waals surface area (Å²) >= 11 is 0. The van der Waals surface area contributed by atoms with E-state index in [4.69, 9.17) is 9.52 Å². The molecule has 0 radical (unpaired) electrons. The van der Waals surface area contributed by atoms with E-state index in [1.165, 1.54) is 0 Å². The van der Waals surface area contributed by atoms with Crippen molar-refractivity contribution >= 4 is 11.0 Å². The van der Waals surface area contributed by atoms with Gasteiger partial charge >= 0.3 is 0 Å². The van der Waals surface area contributed by atoms with Crippen molar-refractivity contribution < 1.29 is 9.52 Å². The predicted octanol–water partition coefficient (Wildman–Crippen LogP) is 1.69. The average molecular weight is 191 g/mol. The lowest BCUT2D eigenvalue weighted by Crippen LogP contribution is -2.19. The van der Waals surface area contributed by atoms with Crippen LogP contribution in [0, 0.1) is 0 Å². The van der Waals surface area contributed by atoms with Gasteiger partial charge in [-0.3, -0.25) is 0 Å². The predicted molar refractivity (Wildman–Crippen MR) is 55.1 cm³/mol. The van der Waals surface area contributed by atoms with Crippen LogP contribution in [-0.4, -0.2) is 18.8 Å². The third-order valence-corrected chi connectivity index (χ3v) is 2.42. The van der Waals surface area contributed by atoms with Crippen LogP contribution < -0.4 is 5.32 Å². The molecule has 1 aromatic carbocycles. The first kappa shape index (κ1) is 9.24. The van der Waals surface area contributed by atoms with Gasteiger partial charge in [-0.25, -0.2) is 0 Å². The molecular weight excluding hydrogens is 178 g/mol. The molecule has 2 N–H and O–H groups in total. The molecule has 1 aromatic heterocycles. The van der Waals surface area contributed by atoms with E-state index in [2.05, 4.69) is 5.32 Å². The Kier molecular flexibility index (Phi) is 2.52. The van der Waals surface area contributed by atoms with Crippen molar-refractivity contribution in [2.75, 3.05) is 13.7 Å². The summed E-state index contributed by atoms with van der Waals surface area (Å²) in [5.74, 6) is 0. The summed E-state index contributed by atoms with van der Waals surface area (Å²) in [6.45, 7) is 0.0695. The number of rotatable bonds is 3. The van der Waals surface area contributed by atoms with Crippen LogP contribution in [-0.2, 0) is 0 Å². The number of aliphatic hydroxyl groups is 1. The van der Waals surface area contributed by atoms with Gasteiger partial charge in [0.2, 0.25) is 0 Å². The van der Waals surface area contributed by atoms with Gasteiger partial charge in [0, 0.05) is 10.9 Å². The maximum absolute atomic E-state index is 9.15. The summed E-state index contributed by atoms with van der Waals surface area (Å²) in [4.78, 5) is 0. The summed E-state index contributed by atoms with van der Waals surface area (Å²) in [6.07, 6.45) is 1.70. The maximum Gasteiger partial charge on any atom is 0.134 e. The lowest BCUT2D eigenvalue weighted by Gasteiger charge is -2.10. The molecule has 0 amide bonds. The molecule has 3 heteroatoms. The van der Waals surface area contributed by atoms with Gasteiger partial charge in [-0.2, -0.15) is 0 Å². The second-order valence-corrected chi connectivity index (χ2v) is 3.21. The van der Waals surface area contributed by atoms with E-state index in [1.807, 2.05) is 31.3 Å². The van der Waals surface area contributed by atoms with Crippen LogP contribution in [0.5, 0.6) is 0 Å². The van der Waals surface area contributed by atoms with Crippen LogP contribution in [0.1, 0.15) is 11.6 Å². The first-order valence-corrected chi connectivity index (χ1v) is 4.61. The number of furan rings is 1. The molecule has 1 unspecified atom stereocenters. The van der Waals surface area contributed by atoms with Crippen LogP contribution in [0.15, 0.2) is 34.9 Å². The van der Waals surface area contributed by atoms with Gasteiger partial charge in [-0.05, 0) is 13.1 Å². The summed E-state index contributed by atoms with van der Waals surface area (Å²) in [6, 6.07) is 7.75. The lowest BCUT2D eigenvalue weighted by molar-refractivity contribution is 0.251. The van der Waals surface area contributed by atoms with E-state index in [-0.39, 0.29) is 12.6 Å². The number of hydrogen-bond donors (Lipinski definition) is 2. The second-order valence-electron chi connectivity index (χ2n) is 3.21. The van der Waals surface area contributed by atoms with Crippen molar-refractivity contribution in [2.45, 2.75) is 6.04 Å². The highest BCUT2D eigenvalue weighted by molar-refractivity contribution is 5.81. The van der Waals surface area contributed by atoms with Gasteiger partial charge in [-0.15, -0.1) is 0 Å². The number of hydrogen-bond acceptors (Lipinski definition) is 3. The molecule has 0 bridgehead atoms. The summed E-state index contributed by atoms with van der Waals surface area (Å²) in [7, 11) is 1.82. The Morgan fingerprint density at radius 1 is 1.43 bits per heavy atom. The molecule has 0 spiro atoms. The molecule has 2 rings (SSSR count). The Balaban J connectivity index is 2.51. The minimum absolute atomic E-state index is 0.0568. The number of nitrogens with one attached hydrogen (secondary N) is 1. The third kappa shape index (κ3) is 1.41. The average Bonchev–Trinajstić information content (AvgIpc) is 2.65. The Morgan fingerprint density at radius 2 is 2.21 bits per heavy atom. The molecule has 74 valence electrons.